The van der Waals surface area contributed by atoms with Gasteiger partial charge in [0.25, 0.3) is 0 Å². The van der Waals surface area contributed by atoms with Crippen molar-refractivity contribution in [3.63, 3.8) is 0 Å². The van der Waals surface area contributed by atoms with Crippen LogP contribution in [-0.4, -0.2) is 12.5 Å². The van der Waals surface area contributed by atoms with E-state index in [1.54, 1.807) is 4.90 Å². The number of amides is 1. The van der Waals surface area contributed by atoms with E-state index in [1.807, 2.05) is 31.2 Å². The molecule has 0 radical (unpaired) electrons. The number of hydrogen-bond donors (Lipinski definition) is 1. The smallest absolute Gasteiger partial charge is 0.227 e. The Labute approximate surface area is 126 Å². The summed E-state index contributed by atoms with van der Waals surface area (Å²) in [5, 5.41) is 0. The van der Waals surface area contributed by atoms with Crippen molar-refractivity contribution in [2.24, 2.45) is 0 Å². The molecule has 2 rings (SSSR count). The standard InChI is InChI=1S/C18H22N2O/c1-3-20(17-6-4-5-16(19)13-17)18(21)12-11-15-9-7-14(2)8-10-15/h4-10,13H,3,11-12,19H2,1-2H3. The molecule has 0 saturated heterocycles. The minimum atomic E-state index is 0.128. The van der Waals surface area contributed by atoms with Crippen molar-refractivity contribution in [1.82, 2.24) is 0 Å². The fourth-order valence-electron chi connectivity index (χ4n) is 2.34. The maximum absolute atomic E-state index is 12.4. The monoisotopic (exact) mass is 282 g/mol. The Morgan fingerprint density at radius 2 is 1.86 bits per heavy atom. The van der Waals surface area contributed by atoms with Gasteiger partial charge in [0.15, 0.2) is 0 Å². The molecule has 0 atom stereocenters. The molecular weight excluding hydrogens is 260 g/mol. The summed E-state index contributed by atoms with van der Waals surface area (Å²) in [4.78, 5) is 14.2. The molecule has 0 saturated carbocycles. The molecule has 0 aliphatic rings. The van der Waals surface area contributed by atoms with Crippen LogP contribution >= 0.6 is 0 Å². The predicted octanol–water partition coefficient (Wildman–Crippen LogP) is 3.56. The third kappa shape index (κ3) is 4.09. The number of rotatable bonds is 5. The zero-order valence-electron chi connectivity index (χ0n) is 12.7. The van der Waals surface area contributed by atoms with E-state index in [1.165, 1.54) is 11.1 Å². The molecule has 1 amide bonds. The molecule has 3 heteroatoms. The minimum Gasteiger partial charge on any atom is -0.399 e. The van der Waals surface area contributed by atoms with Crippen LogP contribution in [0, 0.1) is 6.92 Å². The van der Waals surface area contributed by atoms with Crippen molar-refractivity contribution in [2.75, 3.05) is 17.2 Å². The first kappa shape index (κ1) is 15.1. The molecule has 0 spiro atoms. The van der Waals surface area contributed by atoms with Gasteiger partial charge in [0.1, 0.15) is 0 Å². The molecule has 2 N–H and O–H groups in total. The lowest BCUT2D eigenvalue weighted by Gasteiger charge is -2.21. The van der Waals surface area contributed by atoms with Gasteiger partial charge < -0.3 is 10.6 Å². The highest BCUT2D eigenvalue weighted by Crippen LogP contribution is 2.19. The maximum Gasteiger partial charge on any atom is 0.227 e. The molecule has 0 aromatic heterocycles. The highest BCUT2D eigenvalue weighted by Gasteiger charge is 2.13. The van der Waals surface area contributed by atoms with Crippen LogP contribution in [0.4, 0.5) is 11.4 Å². The number of aryl methyl sites for hydroxylation is 2. The molecular formula is C18H22N2O. The molecule has 0 bridgehead atoms. The van der Waals surface area contributed by atoms with Crippen molar-refractivity contribution in [1.29, 1.82) is 0 Å². The van der Waals surface area contributed by atoms with Crippen LogP contribution in [0.5, 0.6) is 0 Å². The first-order valence-corrected chi connectivity index (χ1v) is 7.31. The van der Waals surface area contributed by atoms with Crippen molar-refractivity contribution in [3.05, 3.63) is 59.7 Å². The second kappa shape index (κ2) is 6.93. The van der Waals surface area contributed by atoms with Crippen LogP contribution in [0.2, 0.25) is 0 Å². The third-order valence-electron chi connectivity index (χ3n) is 3.55. The summed E-state index contributed by atoms with van der Waals surface area (Å²) in [5.74, 6) is 0.128. The lowest BCUT2D eigenvalue weighted by Crippen LogP contribution is -2.30. The van der Waals surface area contributed by atoms with Crippen molar-refractivity contribution >= 4 is 17.3 Å². The molecule has 2 aromatic carbocycles. The van der Waals surface area contributed by atoms with E-state index < -0.39 is 0 Å². The highest BCUT2D eigenvalue weighted by molar-refractivity contribution is 5.93. The normalized spacial score (nSPS) is 10.4. The van der Waals surface area contributed by atoms with Crippen LogP contribution in [0.15, 0.2) is 48.5 Å². The van der Waals surface area contributed by atoms with Gasteiger partial charge in [-0.1, -0.05) is 35.9 Å². The first-order chi connectivity index (χ1) is 10.1. The molecule has 0 heterocycles. The third-order valence-corrected chi connectivity index (χ3v) is 3.55. The maximum atomic E-state index is 12.4. The van der Waals surface area contributed by atoms with Crippen molar-refractivity contribution in [2.45, 2.75) is 26.7 Å². The topological polar surface area (TPSA) is 46.3 Å². The van der Waals surface area contributed by atoms with Gasteiger partial charge in [-0.3, -0.25) is 4.79 Å². The van der Waals surface area contributed by atoms with Gasteiger partial charge in [0, 0.05) is 24.3 Å². The fourth-order valence-corrected chi connectivity index (χ4v) is 2.34. The Balaban J connectivity index is 2.02. The number of nitrogens with zero attached hydrogens (tertiary/aromatic N) is 1. The molecule has 21 heavy (non-hydrogen) atoms. The van der Waals surface area contributed by atoms with E-state index in [9.17, 15) is 4.79 Å². The lowest BCUT2D eigenvalue weighted by molar-refractivity contribution is -0.118. The molecule has 0 aliphatic heterocycles. The molecule has 110 valence electrons. The first-order valence-electron chi connectivity index (χ1n) is 7.31. The Hall–Kier alpha value is -2.29. The zero-order valence-corrected chi connectivity index (χ0v) is 12.7. The summed E-state index contributed by atoms with van der Waals surface area (Å²) < 4.78 is 0. The van der Waals surface area contributed by atoms with E-state index in [2.05, 4.69) is 31.2 Å². The molecule has 3 nitrogen and oxygen atoms in total. The number of carbonyl (C=O) groups excluding carboxylic acids is 1. The van der Waals surface area contributed by atoms with Gasteiger partial charge in [-0.05, 0) is 44.0 Å². The van der Waals surface area contributed by atoms with Crippen LogP contribution in [0.25, 0.3) is 0 Å². The number of carbonyl (C=O) groups is 1. The van der Waals surface area contributed by atoms with E-state index in [0.29, 0.717) is 18.7 Å². The van der Waals surface area contributed by atoms with Gasteiger partial charge in [-0.25, -0.2) is 0 Å². The number of benzene rings is 2. The van der Waals surface area contributed by atoms with Crippen molar-refractivity contribution < 1.29 is 4.79 Å². The average Bonchev–Trinajstić information content (AvgIpc) is 2.47. The van der Waals surface area contributed by atoms with Gasteiger partial charge >= 0.3 is 0 Å². The van der Waals surface area contributed by atoms with Gasteiger partial charge in [0.05, 0.1) is 0 Å². The van der Waals surface area contributed by atoms with Crippen molar-refractivity contribution in [3.8, 4) is 0 Å². The van der Waals surface area contributed by atoms with Gasteiger partial charge in [0.2, 0.25) is 5.91 Å². The zero-order chi connectivity index (χ0) is 15.2. The fraction of sp³-hybridized carbons (Fsp3) is 0.278. The van der Waals surface area contributed by atoms with E-state index >= 15 is 0 Å². The summed E-state index contributed by atoms with van der Waals surface area (Å²) in [6, 6.07) is 15.8. The largest absolute Gasteiger partial charge is 0.399 e. The number of nitrogens with two attached hydrogens (primary N) is 1. The number of hydrogen-bond acceptors (Lipinski definition) is 2. The molecule has 0 fully saturated rings. The Morgan fingerprint density at radius 1 is 1.14 bits per heavy atom. The minimum absolute atomic E-state index is 0.128. The second-order valence-electron chi connectivity index (χ2n) is 5.22. The summed E-state index contributed by atoms with van der Waals surface area (Å²) in [6.45, 7) is 4.69. The number of nitrogen functional groups attached to an aromatic ring is 1. The van der Waals surface area contributed by atoms with Gasteiger partial charge in [-0.2, -0.15) is 0 Å². The quantitative estimate of drug-likeness (QED) is 0.852. The van der Waals surface area contributed by atoms with Crippen LogP contribution < -0.4 is 10.6 Å². The van der Waals surface area contributed by atoms with E-state index in [-0.39, 0.29) is 5.91 Å². The Kier molecular flexibility index (Phi) is 4.99. The molecule has 2 aromatic rings. The van der Waals surface area contributed by atoms with E-state index in [0.717, 1.165) is 12.1 Å². The number of anilines is 2. The van der Waals surface area contributed by atoms with E-state index in [4.69, 9.17) is 5.73 Å². The summed E-state index contributed by atoms with van der Waals surface area (Å²) in [6.07, 6.45) is 1.27. The average molecular weight is 282 g/mol. The lowest BCUT2D eigenvalue weighted by atomic mass is 10.1. The highest BCUT2D eigenvalue weighted by atomic mass is 16.2. The molecule has 0 aliphatic carbocycles. The van der Waals surface area contributed by atoms with Gasteiger partial charge in [-0.15, -0.1) is 0 Å². The second-order valence-corrected chi connectivity index (χ2v) is 5.22. The van der Waals surface area contributed by atoms with Crippen LogP contribution in [-0.2, 0) is 11.2 Å². The summed E-state index contributed by atoms with van der Waals surface area (Å²) >= 11 is 0. The van der Waals surface area contributed by atoms with Crippen LogP contribution in [0.1, 0.15) is 24.5 Å². The summed E-state index contributed by atoms with van der Waals surface area (Å²) in [7, 11) is 0. The predicted molar refractivity (Wildman–Crippen MR) is 88.4 cm³/mol. The van der Waals surface area contributed by atoms with Crippen LogP contribution in [0.3, 0.4) is 0 Å². The summed E-state index contributed by atoms with van der Waals surface area (Å²) in [5.41, 5.74) is 9.77. The Morgan fingerprint density at radius 3 is 2.48 bits per heavy atom. The molecule has 0 unspecified atom stereocenters. The SMILES string of the molecule is CCN(C(=O)CCc1ccc(C)cc1)c1cccc(N)c1. The Bertz CT molecular complexity index is 605.